The molecule has 4 N–H and O–H groups in total. The van der Waals surface area contributed by atoms with Crippen LogP contribution in [0.25, 0.3) is 5.57 Å². The van der Waals surface area contributed by atoms with Crippen LogP contribution in [0.1, 0.15) is 5.01 Å². The van der Waals surface area contributed by atoms with Crippen LogP contribution in [-0.4, -0.2) is 65.1 Å². The number of hydrogen-bond donors (Lipinski definition) is 2. The zero-order chi connectivity index (χ0) is 17.5. The van der Waals surface area contributed by atoms with Crippen LogP contribution >= 0.6 is 11.3 Å². The first-order valence-corrected chi connectivity index (χ1v) is 8.90. The van der Waals surface area contributed by atoms with Gasteiger partial charge >= 0.3 is 35.6 Å². The summed E-state index contributed by atoms with van der Waals surface area (Å²) in [7, 11) is -5.08. The molecule has 2 atom stereocenters. The zero-order valence-electron chi connectivity index (χ0n) is 13.1. The second-order valence-electron chi connectivity index (χ2n) is 5.05. The standard InChI is InChI=1S/C11H14N6O5S2.Na/c12-10(13)15-4-8-7(9-14-1-2-23-9)3-6-5-16(8)11(18)17(6)22-24(19,20)21;/h1-3,6,8H,4-5H2,(H4,12,13,15)(H,19,20,21);/q;+1/p-1/t6-,8-;/m1./s1. The Morgan fingerprint density at radius 3 is 2.80 bits per heavy atom. The van der Waals surface area contributed by atoms with E-state index in [1.54, 1.807) is 17.7 Å². The van der Waals surface area contributed by atoms with Gasteiger partial charge in [0.1, 0.15) is 5.01 Å². The number of aromatic nitrogens is 1. The van der Waals surface area contributed by atoms with E-state index in [9.17, 15) is 17.8 Å². The summed E-state index contributed by atoms with van der Waals surface area (Å²) in [4.78, 5) is 21.9. The normalized spacial score (nSPS) is 22.4. The zero-order valence-corrected chi connectivity index (χ0v) is 16.7. The van der Waals surface area contributed by atoms with E-state index in [0.717, 1.165) is 0 Å². The second-order valence-corrected chi connectivity index (χ2v) is 6.91. The fourth-order valence-corrected chi connectivity index (χ4v) is 3.73. The SMILES string of the molecule is NC(N)=NC[C@@H]1C(c2nccs2)=C[C@@H]2CN1C(=O)N2OS(=O)(=O)[O-].[Na+]. The van der Waals surface area contributed by atoms with E-state index in [0.29, 0.717) is 15.6 Å². The van der Waals surface area contributed by atoms with Crippen LogP contribution in [0, 0.1) is 0 Å². The van der Waals surface area contributed by atoms with E-state index in [-0.39, 0.29) is 48.6 Å². The molecule has 0 unspecified atom stereocenters. The van der Waals surface area contributed by atoms with Gasteiger partial charge in [-0.05, 0) is 6.08 Å². The number of nitrogens with two attached hydrogens (primary N) is 2. The van der Waals surface area contributed by atoms with Crippen molar-refractivity contribution in [3.8, 4) is 0 Å². The summed E-state index contributed by atoms with van der Waals surface area (Å²) in [5.74, 6) is -0.141. The molecule has 3 heterocycles. The molecule has 0 saturated carbocycles. The van der Waals surface area contributed by atoms with E-state index in [2.05, 4.69) is 14.3 Å². The van der Waals surface area contributed by atoms with Crippen molar-refractivity contribution in [3.63, 3.8) is 0 Å². The van der Waals surface area contributed by atoms with Crippen molar-refractivity contribution in [2.24, 2.45) is 16.5 Å². The molecule has 0 aliphatic carbocycles. The van der Waals surface area contributed by atoms with Gasteiger partial charge in [-0.3, -0.25) is 4.99 Å². The van der Waals surface area contributed by atoms with Crippen molar-refractivity contribution in [1.82, 2.24) is 14.9 Å². The van der Waals surface area contributed by atoms with Crippen LogP contribution in [0.5, 0.6) is 0 Å². The van der Waals surface area contributed by atoms with Gasteiger partial charge in [0.25, 0.3) is 0 Å². The Bertz CT molecular complexity index is 807. The first-order chi connectivity index (χ1) is 11.3. The molecule has 1 aromatic rings. The Balaban J connectivity index is 0.00000225. The summed E-state index contributed by atoms with van der Waals surface area (Å²) in [6, 6.07) is -2.03. The van der Waals surface area contributed by atoms with Crippen molar-refractivity contribution < 1.29 is 51.6 Å². The molecule has 0 aromatic carbocycles. The van der Waals surface area contributed by atoms with Gasteiger partial charge in [0.2, 0.25) is 10.4 Å². The average molecular weight is 396 g/mol. The summed E-state index contributed by atoms with van der Waals surface area (Å²) >= 11 is 1.35. The van der Waals surface area contributed by atoms with E-state index in [4.69, 9.17) is 11.5 Å². The number of rotatable bonds is 5. The average Bonchev–Trinajstić information content (AvgIpc) is 3.08. The Hall–Kier alpha value is -1.22. The third-order valence-corrected chi connectivity index (χ3v) is 4.69. The van der Waals surface area contributed by atoms with Gasteiger partial charge in [-0.15, -0.1) is 11.3 Å². The molecule has 25 heavy (non-hydrogen) atoms. The summed E-state index contributed by atoms with van der Waals surface area (Å²) in [6.07, 6.45) is 3.24. The van der Waals surface area contributed by atoms with Crippen LogP contribution in [0.4, 0.5) is 4.79 Å². The van der Waals surface area contributed by atoms with E-state index < -0.39 is 28.5 Å². The van der Waals surface area contributed by atoms with Gasteiger partial charge < -0.3 is 20.9 Å². The van der Waals surface area contributed by atoms with E-state index >= 15 is 0 Å². The molecule has 130 valence electrons. The van der Waals surface area contributed by atoms with Gasteiger partial charge in [0, 0.05) is 23.7 Å². The number of hydrogen-bond acceptors (Lipinski definition) is 8. The molecule has 2 aliphatic heterocycles. The minimum absolute atomic E-state index is 0. The molecule has 11 nitrogen and oxygen atoms in total. The maximum absolute atomic E-state index is 12.4. The van der Waals surface area contributed by atoms with Crippen LogP contribution in [0.2, 0.25) is 0 Å². The number of thiazole rings is 1. The number of amides is 2. The smallest absolute Gasteiger partial charge is 0.724 e. The second kappa shape index (κ2) is 7.57. The number of aliphatic imine (C=N–C) groups is 1. The number of nitrogens with zero attached hydrogens (tertiary/aromatic N) is 4. The quantitative estimate of drug-likeness (QED) is 0.166. The number of carbonyl (C=O) groups is 1. The van der Waals surface area contributed by atoms with Crippen LogP contribution in [0.3, 0.4) is 0 Å². The number of urea groups is 1. The maximum Gasteiger partial charge on any atom is 1.00 e. The molecule has 0 spiro atoms. The predicted octanol–water partition coefficient (Wildman–Crippen LogP) is -4.32. The van der Waals surface area contributed by atoms with Gasteiger partial charge in [0.05, 0.1) is 18.6 Å². The van der Waals surface area contributed by atoms with Gasteiger partial charge in [-0.2, -0.15) is 9.35 Å². The van der Waals surface area contributed by atoms with Crippen molar-refractivity contribution in [2.75, 3.05) is 13.1 Å². The monoisotopic (exact) mass is 396 g/mol. The summed E-state index contributed by atoms with van der Waals surface area (Å²) in [6.45, 7) is 0.220. The molecule has 1 fully saturated rings. The molecular formula is C11H13N6NaO5S2. The Morgan fingerprint density at radius 2 is 2.24 bits per heavy atom. The Labute approximate surface area is 169 Å². The summed E-state index contributed by atoms with van der Waals surface area (Å²) in [5, 5.41) is 2.95. The molecular weight excluding hydrogens is 383 g/mol. The number of guanidine groups is 1. The topological polar surface area (TPSA) is 167 Å². The predicted molar refractivity (Wildman–Crippen MR) is 83.1 cm³/mol. The largest absolute Gasteiger partial charge is 1.00 e. The number of fused-ring (bicyclic) bond motifs is 2. The van der Waals surface area contributed by atoms with Crippen molar-refractivity contribution in [3.05, 3.63) is 22.7 Å². The van der Waals surface area contributed by atoms with E-state index in [1.807, 2.05) is 0 Å². The third-order valence-electron chi connectivity index (χ3n) is 3.52. The summed E-state index contributed by atoms with van der Waals surface area (Å²) in [5.41, 5.74) is 11.4. The summed E-state index contributed by atoms with van der Waals surface area (Å²) < 4.78 is 36.8. The first kappa shape index (κ1) is 20.1. The molecule has 2 bridgehead atoms. The maximum atomic E-state index is 12.4. The van der Waals surface area contributed by atoms with Crippen LogP contribution in [0.15, 0.2) is 22.6 Å². The number of carbonyl (C=O) groups excluding carboxylic acids is 1. The molecule has 3 rings (SSSR count). The van der Waals surface area contributed by atoms with Crippen molar-refractivity contribution in [2.45, 2.75) is 12.1 Å². The minimum atomic E-state index is -5.08. The van der Waals surface area contributed by atoms with E-state index in [1.165, 1.54) is 16.2 Å². The van der Waals surface area contributed by atoms with Crippen molar-refractivity contribution >= 4 is 39.3 Å². The number of hydroxylamine groups is 2. The van der Waals surface area contributed by atoms with Gasteiger partial charge in [-0.25, -0.2) is 18.2 Å². The fraction of sp³-hybridized carbons (Fsp3) is 0.364. The molecule has 14 heteroatoms. The van der Waals surface area contributed by atoms with Crippen LogP contribution < -0.4 is 41.0 Å². The Kier molecular flexibility index (Phi) is 6.09. The van der Waals surface area contributed by atoms with Gasteiger partial charge in [-0.1, -0.05) is 0 Å². The van der Waals surface area contributed by atoms with Gasteiger partial charge in [0.15, 0.2) is 5.96 Å². The van der Waals surface area contributed by atoms with Crippen LogP contribution in [-0.2, 0) is 14.7 Å². The fourth-order valence-electron chi connectivity index (χ4n) is 2.64. The Morgan fingerprint density at radius 1 is 1.52 bits per heavy atom. The third kappa shape index (κ3) is 4.31. The molecule has 2 aliphatic rings. The molecule has 1 saturated heterocycles. The molecule has 0 radical (unpaired) electrons. The molecule has 1 aromatic heterocycles. The molecule has 2 amide bonds. The first-order valence-electron chi connectivity index (χ1n) is 6.68. The van der Waals surface area contributed by atoms with Crippen molar-refractivity contribution in [1.29, 1.82) is 0 Å². The minimum Gasteiger partial charge on any atom is -0.724 e.